The molecule has 1 atom stereocenters. The summed E-state index contributed by atoms with van der Waals surface area (Å²) >= 11 is 0. The number of benzene rings is 2. The molecule has 3 aliphatic heterocycles. The van der Waals surface area contributed by atoms with E-state index < -0.39 is 5.60 Å². The van der Waals surface area contributed by atoms with Crippen LogP contribution in [0.4, 0.5) is 0 Å². The van der Waals surface area contributed by atoms with E-state index in [1.54, 1.807) is 0 Å². The average Bonchev–Trinajstić information content (AvgIpc) is 2.62. The third-order valence-electron chi connectivity index (χ3n) is 6.93. The molecule has 2 aromatic carbocycles. The zero-order chi connectivity index (χ0) is 17.7. The summed E-state index contributed by atoms with van der Waals surface area (Å²) in [5, 5.41) is 12.4. The lowest BCUT2D eigenvalue weighted by molar-refractivity contribution is -0.930. The predicted octanol–water partition coefficient (Wildman–Crippen LogP) is 1.03. The SMILES string of the molecule is Cc1ccccc1C(O)(c1ccccc1C)C1C[N+]2(C)CCC1CC2.[I-]. The Bertz CT molecular complexity index is 734. The molecule has 0 aromatic heterocycles. The van der Waals surface area contributed by atoms with Gasteiger partial charge in [0.2, 0.25) is 0 Å². The van der Waals surface area contributed by atoms with E-state index in [1.807, 2.05) is 0 Å². The summed E-state index contributed by atoms with van der Waals surface area (Å²) in [6, 6.07) is 16.8. The van der Waals surface area contributed by atoms with E-state index in [9.17, 15) is 5.11 Å². The quantitative estimate of drug-likeness (QED) is 0.533. The van der Waals surface area contributed by atoms with Gasteiger partial charge in [-0.15, -0.1) is 0 Å². The maximum absolute atomic E-state index is 12.4. The Balaban J connectivity index is 0.00000196. The van der Waals surface area contributed by atoms with Crippen molar-refractivity contribution in [1.82, 2.24) is 0 Å². The van der Waals surface area contributed by atoms with E-state index in [0.717, 1.165) is 22.2 Å². The Morgan fingerprint density at radius 2 is 1.35 bits per heavy atom. The van der Waals surface area contributed by atoms with Crippen molar-refractivity contribution in [1.29, 1.82) is 0 Å². The summed E-state index contributed by atoms with van der Waals surface area (Å²) < 4.78 is 1.11. The first-order valence-corrected chi connectivity index (χ1v) is 9.62. The molecule has 2 nitrogen and oxygen atoms in total. The highest BCUT2D eigenvalue weighted by Gasteiger charge is 2.54. The fourth-order valence-electron chi connectivity index (χ4n) is 5.44. The normalized spacial score (nSPS) is 27.8. The largest absolute Gasteiger partial charge is 1.00 e. The van der Waals surface area contributed by atoms with Gasteiger partial charge in [0.1, 0.15) is 5.60 Å². The van der Waals surface area contributed by atoms with Gasteiger partial charge in [0.05, 0.1) is 26.7 Å². The van der Waals surface area contributed by atoms with Gasteiger partial charge in [-0.1, -0.05) is 48.5 Å². The van der Waals surface area contributed by atoms with Gasteiger partial charge in [0, 0.05) is 18.8 Å². The first-order chi connectivity index (χ1) is 11.9. The number of nitrogens with zero attached hydrogens (tertiary/aromatic N) is 1. The molecule has 26 heavy (non-hydrogen) atoms. The molecule has 0 amide bonds. The molecule has 3 saturated heterocycles. The van der Waals surface area contributed by atoms with Crippen LogP contribution in [0.2, 0.25) is 0 Å². The van der Waals surface area contributed by atoms with Gasteiger partial charge in [-0.3, -0.25) is 0 Å². The van der Waals surface area contributed by atoms with Crippen LogP contribution in [0.15, 0.2) is 48.5 Å². The summed E-state index contributed by atoms with van der Waals surface area (Å²) in [5.74, 6) is 0.895. The van der Waals surface area contributed by atoms with Crippen molar-refractivity contribution in [3.8, 4) is 0 Å². The van der Waals surface area contributed by atoms with Crippen molar-refractivity contribution in [2.45, 2.75) is 32.3 Å². The molecule has 3 heteroatoms. The van der Waals surface area contributed by atoms with Gasteiger partial charge >= 0.3 is 0 Å². The second kappa shape index (κ2) is 7.25. The van der Waals surface area contributed by atoms with Crippen LogP contribution in [0.25, 0.3) is 0 Å². The Labute approximate surface area is 174 Å². The highest BCUT2D eigenvalue weighted by molar-refractivity contribution is 5.45. The standard InChI is InChI=1S/C23H30NO.HI/c1-17-8-4-6-10-20(17)23(25,21-11-7-5-9-18(21)2)22-16-24(3)14-12-19(22)13-15-24;/h4-11,19,22,25H,12-16H2,1-3H3;1H/q+1;/p-1. The first kappa shape index (κ1) is 19.8. The number of aryl methyl sites for hydroxylation is 2. The number of aliphatic hydroxyl groups is 1. The van der Waals surface area contributed by atoms with Crippen LogP contribution in [-0.2, 0) is 5.60 Å². The van der Waals surface area contributed by atoms with Crippen LogP contribution in [0.5, 0.6) is 0 Å². The van der Waals surface area contributed by atoms with Crippen molar-refractivity contribution in [2.24, 2.45) is 11.8 Å². The molecule has 140 valence electrons. The van der Waals surface area contributed by atoms with Gasteiger partial charge in [-0.2, -0.15) is 0 Å². The van der Waals surface area contributed by atoms with Gasteiger partial charge in [-0.05, 0) is 42.0 Å². The Kier molecular flexibility index (Phi) is 5.53. The van der Waals surface area contributed by atoms with E-state index in [-0.39, 0.29) is 29.9 Å². The maximum Gasteiger partial charge on any atom is 0.124 e. The number of quaternary nitrogens is 1. The van der Waals surface area contributed by atoms with Crippen LogP contribution < -0.4 is 24.0 Å². The Hall–Kier alpha value is -0.910. The van der Waals surface area contributed by atoms with E-state index >= 15 is 0 Å². The van der Waals surface area contributed by atoms with E-state index in [1.165, 1.54) is 37.1 Å². The van der Waals surface area contributed by atoms with Crippen molar-refractivity contribution in [3.63, 3.8) is 0 Å². The van der Waals surface area contributed by atoms with Gasteiger partial charge < -0.3 is 33.6 Å². The molecule has 5 rings (SSSR count). The van der Waals surface area contributed by atoms with Crippen LogP contribution in [0.1, 0.15) is 35.1 Å². The van der Waals surface area contributed by atoms with Crippen molar-refractivity contribution >= 4 is 0 Å². The zero-order valence-corrected chi connectivity index (χ0v) is 18.2. The van der Waals surface area contributed by atoms with Gasteiger partial charge in [0.15, 0.2) is 0 Å². The second-order valence-electron chi connectivity index (χ2n) is 8.59. The third-order valence-corrected chi connectivity index (χ3v) is 6.93. The number of hydrogen-bond acceptors (Lipinski definition) is 1. The van der Waals surface area contributed by atoms with Crippen LogP contribution in [0, 0.1) is 25.7 Å². The smallest absolute Gasteiger partial charge is 0.124 e. The zero-order valence-electron chi connectivity index (χ0n) is 16.1. The number of rotatable bonds is 3. The molecule has 3 heterocycles. The monoisotopic (exact) mass is 463 g/mol. The van der Waals surface area contributed by atoms with Crippen molar-refractivity contribution in [2.75, 3.05) is 26.7 Å². The average molecular weight is 463 g/mol. The fourth-order valence-corrected chi connectivity index (χ4v) is 5.44. The molecule has 1 unspecified atom stereocenters. The lowest BCUT2D eigenvalue weighted by atomic mass is 9.63. The lowest BCUT2D eigenvalue weighted by Gasteiger charge is -2.55. The summed E-state index contributed by atoms with van der Waals surface area (Å²) in [7, 11) is 2.37. The van der Waals surface area contributed by atoms with Crippen LogP contribution in [-0.4, -0.2) is 36.3 Å². The fraction of sp³-hybridized carbons (Fsp3) is 0.478. The van der Waals surface area contributed by atoms with Gasteiger partial charge in [-0.25, -0.2) is 0 Å². The topological polar surface area (TPSA) is 20.2 Å². The number of halogens is 1. The number of hydrogen-bond donors (Lipinski definition) is 1. The van der Waals surface area contributed by atoms with E-state index in [4.69, 9.17) is 0 Å². The van der Waals surface area contributed by atoms with Gasteiger partial charge in [0.25, 0.3) is 0 Å². The Morgan fingerprint density at radius 1 is 0.885 bits per heavy atom. The second-order valence-corrected chi connectivity index (χ2v) is 8.59. The van der Waals surface area contributed by atoms with Crippen LogP contribution in [0.3, 0.4) is 0 Å². The molecule has 2 aromatic rings. The lowest BCUT2D eigenvalue weighted by Crippen LogP contribution is -3.00. The minimum Gasteiger partial charge on any atom is -1.00 e. The molecular weight excluding hydrogens is 433 g/mol. The molecule has 0 saturated carbocycles. The molecule has 3 fully saturated rings. The summed E-state index contributed by atoms with van der Waals surface area (Å²) in [5.41, 5.74) is 3.66. The molecule has 2 bridgehead atoms. The highest BCUT2D eigenvalue weighted by atomic mass is 127. The first-order valence-electron chi connectivity index (χ1n) is 9.62. The van der Waals surface area contributed by atoms with Crippen molar-refractivity contribution < 1.29 is 33.6 Å². The van der Waals surface area contributed by atoms with E-state index in [0.29, 0.717) is 5.92 Å². The molecule has 0 spiro atoms. The molecule has 0 aliphatic carbocycles. The Morgan fingerprint density at radius 3 is 1.77 bits per heavy atom. The summed E-state index contributed by atoms with van der Waals surface area (Å²) in [6.07, 6.45) is 2.47. The van der Waals surface area contributed by atoms with Crippen molar-refractivity contribution in [3.05, 3.63) is 70.8 Å². The number of fused-ring (bicyclic) bond motifs is 3. The molecule has 1 N–H and O–H groups in total. The third kappa shape index (κ3) is 3.12. The minimum absolute atomic E-state index is 0. The molecule has 3 aliphatic rings. The summed E-state index contributed by atoms with van der Waals surface area (Å²) in [4.78, 5) is 0. The van der Waals surface area contributed by atoms with Crippen LogP contribution >= 0.6 is 0 Å². The number of piperidine rings is 3. The predicted molar refractivity (Wildman–Crippen MR) is 102 cm³/mol. The minimum atomic E-state index is -0.901. The molecule has 0 radical (unpaired) electrons. The summed E-state index contributed by atoms with van der Waals surface area (Å²) in [6.45, 7) is 7.87. The van der Waals surface area contributed by atoms with E-state index in [2.05, 4.69) is 69.4 Å². The molecular formula is C23H30INO. The highest BCUT2D eigenvalue weighted by Crippen LogP contribution is 2.50. The maximum atomic E-state index is 12.4.